The number of Topliss-reactive ketones (excluding diaryl/α,β-unsaturated/α-hetero) is 1. The molecule has 0 aromatic carbocycles. The number of nitrogens with zero attached hydrogens (tertiary/aromatic N) is 1. The molecule has 1 heterocycles. The molecule has 0 aromatic rings. The van der Waals surface area contributed by atoms with Crippen molar-refractivity contribution in [2.24, 2.45) is 16.8 Å². The molecule has 0 aromatic heterocycles. The van der Waals surface area contributed by atoms with Crippen LogP contribution in [0, 0.1) is 11.8 Å². The van der Waals surface area contributed by atoms with Crippen LogP contribution in [0.1, 0.15) is 39.5 Å². The fraction of sp³-hybridized carbons (Fsp3) is 0.611. The first-order valence-corrected chi connectivity index (χ1v) is 8.47. The van der Waals surface area contributed by atoms with Gasteiger partial charge in [0, 0.05) is 17.8 Å². The molecule has 0 spiro atoms. The van der Waals surface area contributed by atoms with Gasteiger partial charge in [-0.1, -0.05) is 0 Å². The molecule has 8 nitrogen and oxygen atoms in total. The van der Waals surface area contributed by atoms with Crippen molar-refractivity contribution in [3.63, 3.8) is 0 Å². The Morgan fingerprint density at radius 3 is 2.27 bits per heavy atom. The molecule has 2 rings (SSSR count). The van der Waals surface area contributed by atoms with Gasteiger partial charge in [-0.05, 0) is 33.1 Å². The minimum absolute atomic E-state index is 0.0539. The van der Waals surface area contributed by atoms with Gasteiger partial charge in [0.1, 0.15) is 11.8 Å². The average Bonchev–Trinajstić information content (AvgIpc) is 2.61. The second kappa shape index (κ2) is 8.25. The number of hydrogen-bond donors (Lipinski definition) is 0. The second-order valence-electron chi connectivity index (χ2n) is 6.36. The fourth-order valence-electron chi connectivity index (χ4n) is 3.39. The summed E-state index contributed by atoms with van der Waals surface area (Å²) in [6.45, 7) is 3.13. The first-order chi connectivity index (χ1) is 12.3. The summed E-state index contributed by atoms with van der Waals surface area (Å²) in [7, 11) is 2.36. The SMILES string of the molecule is COC(=O)C1=C(C)N=C(C)C(C(=O)OC)[C@@H]1C(=O)O[C@@H]1CCCCC1=O. The number of carbonyl (C=O) groups is 4. The number of methoxy groups -OCH3 is 2. The van der Waals surface area contributed by atoms with Crippen molar-refractivity contribution in [3.05, 3.63) is 11.3 Å². The lowest BCUT2D eigenvalue weighted by Crippen LogP contribution is -2.44. The number of aliphatic imine (C=N–C) groups is 1. The van der Waals surface area contributed by atoms with Crippen LogP contribution in [0.2, 0.25) is 0 Å². The van der Waals surface area contributed by atoms with Crippen LogP contribution >= 0.6 is 0 Å². The molecule has 8 heteroatoms. The number of carbonyl (C=O) groups excluding carboxylic acids is 4. The third-order valence-corrected chi connectivity index (χ3v) is 4.70. The van der Waals surface area contributed by atoms with E-state index in [-0.39, 0.29) is 17.1 Å². The third kappa shape index (κ3) is 3.84. The number of ketones is 1. The molecule has 1 aliphatic carbocycles. The zero-order valence-electron chi connectivity index (χ0n) is 15.4. The summed E-state index contributed by atoms with van der Waals surface area (Å²) >= 11 is 0. The maximum atomic E-state index is 12.9. The number of ether oxygens (including phenoxy) is 3. The molecule has 26 heavy (non-hydrogen) atoms. The molecule has 142 valence electrons. The topological polar surface area (TPSA) is 108 Å². The smallest absolute Gasteiger partial charge is 0.336 e. The van der Waals surface area contributed by atoms with Crippen molar-refractivity contribution in [3.8, 4) is 0 Å². The van der Waals surface area contributed by atoms with Crippen molar-refractivity contribution >= 4 is 29.4 Å². The maximum Gasteiger partial charge on any atom is 0.336 e. The highest BCUT2D eigenvalue weighted by Crippen LogP contribution is 2.34. The summed E-state index contributed by atoms with van der Waals surface area (Å²) in [6.07, 6.45) is 1.46. The first kappa shape index (κ1) is 19.8. The van der Waals surface area contributed by atoms with Gasteiger partial charge in [0.05, 0.1) is 19.8 Å². The van der Waals surface area contributed by atoms with Crippen LogP contribution in [0.4, 0.5) is 0 Å². The zero-order valence-corrected chi connectivity index (χ0v) is 15.4. The molecular formula is C18H23NO7. The van der Waals surface area contributed by atoms with E-state index in [9.17, 15) is 19.2 Å². The van der Waals surface area contributed by atoms with Crippen LogP contribution in [0.3, 0.4) is 0 Å². The Kier molecular flexibility index (Phi) is 6.28. The van der Waals surface area contributed by atoms with E-state index in [1.165, 1.54) is 14.2 Å². The number of allylic oxidation sites excluding steroid dienone is 1. The summed E-state index contributed by atoms with van der Waals surface area (Å²) in [5.74, 6) is -4.83. The summed E-state index contributed by atoms with van der Waals surface area (Å²) in [6, 6.07) is 0. The van der Waals surface area contributed by atoms with Crippen LogP contribution in [0.25, 0.3) is 0 Å². The predicted octanol–water partition coefficient (Wildman–Crippen LogP) is 1.37. The lowest BCUT2D eigenvalue weighted by molar-refractivity contribution is -0.164. The Hall–Kier alpha value is -2.51. The Balaban J connectivity index is 2.41. The Labute approximate surface area is 151 Å². The molecule has 1 unspecified atom stereocenters. The summed E-state index contributed by atoms with van der Waals surface area (Å²) in [4.78, 5) is 53.6. The van der Waals surface area contributed by atoms with Crippen LogP contribution < -0.4 is 0 Å². The van der Waals surface area contributed by atoms with Crippen LogP contribution in [-0.4, -0.2) is 49.7 Å². The maximum absolute atomic E-state index is 12.9. The molecule has 0 saturated heterocycles. The molecule has 0 N–H and O–H groups in total. The monoisotopic (exact) mass is 365 g/mol. The standard InChI is InChI=1S/C18H23NO7/c1-9-13(16(21)24-3)15(14(10(2)19-9)17(22)25-4)18(23)26-12-8-6-5-7-11(12)20/h12-13,15H,5-8H2,1-4H3/t12-,13?,15+/m1/s1. The Morgan fingerprint density at radius 2 is 1.69 bits per heavy atom. The highest BCUT2D eigenvalue weighted by atomic mass is 16.6. The van der Waals surface area contributed by atoms with Crippen molar-refractivity contribution in [1.29, 1.82) is 0 Å². The first-order valence-electron chi connectivity index (χ1n) is 8.47. The molecule has 0 bridgehead atoms. The van der Waals surface area contributed by atoms with E-state index in [2.05, 4.69) is 4.99 Å². The van der Waals surface area contributed by atoms with E-state index in [1.807, 2.05) is 0 Å². The quantitative estimate of drug-likeness (QED) is 0.547. The van der Waals surface area contributed by atoms with Gasteiger partial charge in [-0.2, -0.15) is 0 Å². The highest BCUT2D eigenvalue weighted by Gasteiger charge is 2.47. The highest BCUT2D eigenvalue weighted by molar-refractivity contribution is 6.10. The van der Waals surface area contributed by atoms with E-state index in [0.29, 0.717) is 18.6 Å². The lowest BCUT2D eigenvalue weighted by atomic mass is 9.79. The van der Waals surface area contributed by atoms with Crippen molar-refractivity contribution in [2.75, 3.05) is 14.2 Å². The molecule has 1 saturated carbocycles. The molecule has 1 aliphatic heterocycles. The number of esters is 3. The van der Waals surface area contributed by atoms with Crippen molar-refractivity contribution in [1.82, 2.24) is 0 Å². The van der Waals surface area contributed by atoms with Gasteiger partial charge in [-0.15, -0.1) is 0 Å². The van der Waals surface area contributed by atoms with E-state index in [4.69, 9.17) is 14.2 Å². The summed E-state index contributed by atoms with van der Waals surface area (Å²) in [5, 5.41) is 0. The van der Waals surface area contributed by atoms with Gasteiger partial charge in [0.15, 0.2) is 11.9 Å². The van der Waals surface area contributed by atoms with Gasteiger partial charge in [-0.25, -0.2) is 4.79 Å². The molecule has 2 aliphatic rings. The second-order valence-corrected chi connectivity index (χ2v) is 6.36. The van der Waals surface area contributed by atoms with Gasteiger partial charge < -0.3 is 14.2 Å². The van der Waals surface area contributed by atoms with Crippen LogP contribution in [0.5, 0.6) is 0 Å². The lowest BCUT2D eigenvalue weighted by Gasteiger charge is -2.30. The van der Waals surface area contributed by atoms with E-state index >= 15 is 0 Å². The number of hydrogen-bond acceptors (Lipinski definition) is 8. The summed E-state index contributed by atoms with van der Waals surface area (Å²) < 4.78 is 14.9. The van der Waals surface area contributed by atoms with E-state index in [0.717, 1.165) is 12.8 Å². The van der Waals surface area contributed by atoms with Gasteiger partial charge in [0.2, 0.25) is 0 Å². The minimum atomic E-state index is -1.26. The van der Waals surface area contributed by atoms with Gasteiger partial charge >= 0.3 is 17.9 Å². The van der Waals surface area contributed by atoms with Crippen molar-refractivity contribution in [2.45, 2.75) is 45.6 Å². The predicted molar refractivity (Wildman–Crippen MR) is 90.2 cm³/mol. The van der Waals surface area contributed by atoms with Gasteiger partial charge in [0.25, 0.3) is 0 Å². The normalized spacial score (nSPS) is 26.1. The minimum Gasteiger partial charge on any atom is -0.468 e. The largest absolute Gasteiger partial charge is 0.468 e. The summed E-state index contributed by atoms with van der Waals surface area (Å²) in [5.41, 5.74) is 0.548. The fourth-order valence-corrected chi connectivity index (χ4v) is 3.39. The number of rotatable bonds is 4. The van der Waals surface area contributed by atoms with Crippen LogP contribution in [0.15, 0.2) is 16.3 Å². The Bertz CT molecular complexity index is 692. The van der Waals surface area contributed by atoms with Gasteiger partial charge in [-0.3, -0.25) is 19.4 Å². The zero-order chi connectivity index (χ0) is 19.4. The van der Waals surface area contributed by atoms with Crippen LogP contribution in [-0.2, 0) is 33.4 Å². The molecule has 0 amide bonds. The van der Waals surface area contributed by atoms with Crippen molar-refractivity contribution < 1.29 is 33.4 Å². The molecule has 0 radical (unpaired) electrons. The molecular weight excluding hydrogens is 342 g/mol. The molecule has 1 fully saturated rings. The molecule has 3 atom stereocenters. The Morgan fingerprint density at radius 1 is 1.00 bits per heavy atom. The third-order valence-electron chi connectivity index (χ3n) is 4.70. The average molecular weight is 365 g/mol. The van der Waals surface area contributed by atoms with E-state index < -0.39 is 35.8 Å². The van der Waals surface area contributed by atoms with E-state index in [1.54, 1.807) is 13.8 Å².